The van der Waals surface area contributed by atoms with Crippen LogP contribution in [0.1, 0.15) is 13.3 Å². The number of anilines is 1. The van der Waals surface area contributed by atoms with Crippen LogP contribution in [0.2, 0.25) is 0 Å². The fraction of sp³-hybridized carbons (Fsp3) is 0.600. The molecule has 0 aliphatic heterocycles. The number of tetrazole rings is 1. The summed E-state index contributed by atoms with van der Waals surface area (Å²) in [6.45, 7) is 1.88. The number of nitrogens with zero attached hydrogens (tertiary/aromatic N) is 3. The number of nitrogens with one attached hydrogen (secondary N) is 2. The van der Waals surface area contributed by atoms with Gasteiger partial charge in [-0.15, -0.1) is 5.10 Å². The van der Waals surface area contributed by atoms with Gasteiger partial charge in [0.05, 0.1) is 0 Å². The van der Waals surface area contributed by atoms with Gasteiger partial charge in [-0.2, -0.15) is 5.21 Å². The lowest BCUT2D eigenvalue weighted by molar-refractivity contribution is -0.116. The molecule has 1 aromatic heterocycles. The Bertz CT molecular complexity index is 246. The van der Waals surface area contributed by atoms with Crippen molar-refractivity contribution in [3.8, 4) is 0 Å². The first-order valence-electron chi connectivity index (χ1n) is 3.36. The van der Waals surface area contributed by atoms with Crippen molar-refractivity contribution in [3.63, 3.8) is 0 Å². The van der Waals surface area contributed by atoms with Gasteiger partial charge in [-0.1, -0.05) is 28.0 Å². The highest BCUT2D eigenvalue weighted by molar-refractivity contribution is 9.09. The van der Waals surface area contributed by atoms with Crippen molar-refractivity contribution < 1.29 is 4.79 Å². The number of halogens is 1. The van der Waals surface area contributed by atoms with E-state index in [4.69, 9.17) is 0 Å². The Balaban J connectivity index is 2.37. The molecule has 0 spiro atoms. The lowest BCUT2D eigenvalue weighted by Crippen LogP contribution is -2.15. The number of aromatic amines is 1. The molecule has 1 aromatic rings. The Hall–Kier alpha value is -0.980. The monoisotopic (exact) mass is 233 g/mol. The van der Waals surface area contributed by atoms with Gasteiger partial charge >= 0.3 is 0 Å². The second-order valence-corrected chi connectivity index (χ2v) is 3.83. The highest BCUT2D eigenvalue weighted by atomic mass is 79.9. The number of hydrogen-bond donors (Lipinski definition) is 2. The van der Waals surface area contributed by atoms with Crippen LogP contribution in [0.15, 0.2) is 0 Å². The van der Waals surface area contributed by atoms with Gasteiger partial charge in [0.2, 0.25) is 5.91 Å². The molecule has 12 heavy (non-hydrogen) atoms. The van der Waals surface area contributed by atoms with Crippen LogP contribution in [-0.2, 0) is 4.79 Å². The van der Waals surface area contributed by atoms with E-state index in [1.165, 1.54) is 0 Å². The second-order valence-electron chi connectivity index (χ2n) is 2.27. The Morgan fingerprint density at radius 3 is 3.08 bits per heavy atom. The van der Waals surface area contributed by atoms with E-state index in [-0.39, 0.29) is 16.7 Å². The van der Waals surface area contributed by atoms with Crippen LogP contribution >= 0.6 is 15.9 Å². The van der Waals surface area contributed by atoms with Crippen LogP contribution in [-0.4, -0.2) is 31.4 Å². The molecule has 1 amide bonds. The topological polar surface area (TPSA) is 83.6 Å². The Kier molecular flexibility index (Phi) is 3.15. The van der Waals surface area contributed by atoms with Gasteiger partial charge < -0.3 is 0 Å². The molecule has 1 rings (SSSR count). The Morgan fingerprint density at radius 2 is 2.58 bits per heavy atom. The standard InChI is InChI=1S/C5H8BrN5O/c1-3(6)2-4(12)7-5-8-10-11-9-5/h3H,2H2,1H3,(H2,7,8,9,10,11,12)/t3-/m1/s1. The van der Waals surface area contributed by atoms with E-state index in [2.05, 4.69) is 41.9 Å². The Labute approximate surface area is 77.2 Å². The van der Waals surface area contributed by atoms with E-state index in [0.29, 0.717) is 6.42 Å². The van der Waals surface area contributed by atoms with Gasteiger partial charge in [0.1, 0.15) is 0 Å². The molecule has 0 bridgehead atoms. The summed E-state index contributed by atoms with van der Waals surface area (Å²) in [5, 5.41) is 15.1. The minimum absolute atomic E-state index is 0.138. The summed E-state index contributed by atoms with van der Waals surface area (Å²) in [6, 6.07) is 0. The summed E-state index contributed by atoms with van der Waals surface area (Å²) < 4.78 is 0. The number of amides is 1. The van der Waals surface area contributed by atoms with Gasteiger partial charge in [-0.3, -0.25) is 10.1 Å². The van der Waals surface area contributed by atoms with Crippen molar-refractivity contribution in [2.24, 2.45) is 0 Å². The zero-order valence-electron chi connectivity index (χ0n) is 6.41. The van der Waals surface area contributed by atoms with Crippen molar-refractivity contribution >= 4 is 27.8 Å². The predicted octanol–water partition coefficient (Wildman–Crippen LogP) is 0.312. The lowest BCUT2D eigenvalue weighted by atomic mass is 10.3. The van der Waals surface area contributed by atoms with Crippen molar-refractivity contribution in [1.82, 2.24) is 20.6 Å². The normalized spacial score (nSPS) is 12.5. The maximum absolute atomic E-state index is 11.1. The van der Waals surface area contributed by atoms with Crippen molar-refractivity contribution in [3.05, 3.63) is 0 Å². The number of hydrogen-bond acceptors (Lipinski definition) is 4. The largest absolute Gasteiger partial charge is 0.292 e. The highest BCUT2D eigenvalue weighted by Gasteiger charge is 2.07. The molecule has 0 saturated carbocycles. The molecule has 0 aliphatic carbocycles. The summed E-state index contributed by atoms with van der Waals surface area (Å²) in [5.41, 5.74) is 0. The fourth-order valence-corrected chi connectivity index (χ4v) is 0.940. The van der Waals surface area contributed by atoms with Gasteiger partial charge in [0.15, 0.2) is 0 Å². The van der Waals surface area contributed by atoms with E-state index in [0.717, 1.165) is 0 Å². The molecule has 0 unspecified atom stereocenters. The number of carbonyl (C=O) groups excluding carboxylic acids is 1. The summed E-state index contributed by atoms with van der Waals surface area (Å²) in [4.78, 5) is 11.2. The third-order valence-corrected chi connectivity index (χ3v) is 1.39. The molecule has 66 valence electrons. The third-order valence-electron chi connectivity index (χ3n) is 1.06. The third kappa shape index (κ3) is 2.95. The van der Waals surface area contributed by atoms with Crippen LogP contribution in [0.25, 0.3) is 0 Å². The molecule has 0 fully saturated rings. The quantitative estimate of drug-likeness (QED) is 0.737. The van der Waals surface area contributed by atoms with Crippen LogP contribution in [0.3, 0.4) is 0 Å². The SMILES string of the molecule is C[C@@H](Br)CC(=O)Nc1nn[nH]n1. The van der Waals surface area contributed by atoms with Crippen LogP contribution in [0, 0.1) is 0 Å². The molecule has 0 aromatic carbocycles. The fourth-order valence-electron chi connectivity index (χ4n) is 0.646. The molecule has 7 heteroatoms. The van der Waals surface area contributed by atoms with Crippen LogP contribution in [0.4, 0.5) is 5.95 Å². The molecule has 1 heterocycles. The zero-order valence-corrected chi connectivity index (χ0v) is 8.00. The average Bonchev–Trinajstić information content (AvgIpc) is 2.37. The molecule has 6 nitrogen and oxygen atoms in total. The molecular formula is C5H8BrN5O. The number of aromatic nitrogens is 4. The van der Waals surface area contributed by atoms with Crippen LogP contribution in [0.5, 0.6) is 0 Å². The maximum atomic E-state index is 11.1. The molecule has 0 radical (unpaired) electrons. The highest BCUT2D eigenvalue weighted by Crippen LogP contribution is 2.04. The average molecular weight is 234 g/mol. The lowest BCUT2D eigenvalue weighted by Gasteiger charge is -2.00. The second kappa shape index (κ2) is 4.15. The van der Waals surface area contributed by atoms with E-state index < -0.39 is 0 Å². The number of carbonyl (C=O) groups is 1. The van der Waals surface area contributed by atoms with E-state index in [9.17, 15) is 4.79 Å². The minimum atomic E-state index is -0.138. The zero-order chi connectivity index (χ0) is 8.97. The number of H-pyrrole nitrogens is 1. The Morgan fingerprint density at radius 1 is 1.83 bits per heavy atom. The first kappa shape index (κ1) is 9.11. The van der Waals surface area contributed by atoms with Crippen molar-refractivity contribution in [2.75, 3.05) is 5.32 Å². The molecule has 0 aliphatic rings. The van der Waals surface area contributed by atoms with Crippen molar-refractivity contribution in [2.45, 2.75) is 18.2 Å². The molecule has 2 N–H and O–H groups in total. The van der Waals surface area contributed by atoms with Gasteiger partial charge in [0, 0.05) is 11.2 Å². The van der Waals surface area contributed by atoms with Crippen LogP contribution < -0.4 is 5.32 Å². The van der Waals surface area contributed by atoms with Gasteiger partial charge in [0.25, 0.3) is 5.95 Å². The molecule has 0 saturated heterocycles. The summed E-state index contributed by atoms with van der Waals surface area (Å²) in [7, 11) is 0. The smallest absolute Gasteiger partial charge is 0.269 e. The summed E-state index contributed by atoms with van der Waals surface area (Å²) in [6.07, 6.45) is 0.383. The minimum Gasteiger partial charge on any atom is -0.292 e. The van der Waals surface area contributed by atoms with E-state index in [1.807, 2.05) is 6.92 Å². The molecule has 1 atom stereocenters. The van der Waals surface area contributed by atoms with Crippen molar-refractivity contribution in [1.29, 1.82) is 0 Å². The summed E-state index contributed by atoms with van der Waals surface area (Å²) in [5.74, 6) is 0.0638. The number of rotatable bonds is 3. The van der Waals surface area contributed by atoms with Gasteiger partial charge in [-0.25, -0.2) is 0 Å². The maximum Gasteiger partial charge on any atom is 0.269 e. The number of alkyl halides is 1. The summed E-state index contributed by atoms with van der Waals surface area (Å²) >= 11 is 3.25. The first-order chi connectivity index (χ1) is 5.68. The first-order valence-corrected chi connectivity index (χ1v) is 4.27. The predicted molar refractivity (Wildman–Crippen MR) is 45.8 cm³/mol. The van der Waals surface area contributed by atoms with E-state index in [1.54, 1.807) is 0 Å². The molecular weight excluding hydrogens is 226 g/mol. The van der Waals surface area contributed by atoms with E-state index >= 15 is 0 Å². The van der Waals surface area contributed by atoms with Gasteiger partial charge in [-0.05, 0) is 5.21 Å².